The van der Waals surface area contributed by atoms with Crippen LogP contribution in [0.5, 0.6) is 0 Å². The highest BCUT2D eigenvalue weighted by Gasteiger charge is 2.17. The summed E-state index contributed by atoms with van der Waals surface area (Å²) in [6.07, 6.45) is 0. The van der Waals surface area contributed by atoms with Crippen molar-refractivity contribution in [3.8, 4) is 68.3 Å². The predicted octanol–water partition coefficient (Wildman–Crippen LogP) is 11.5. The van der Waals surface area contributed by atoms with Crippen LogP contribution in [0.15, 0.2) is 182 Å². The Morgan fingerprint density at radius 2 is 0.593 bits per heavy atom. The van der Waals surface area contributed by atoms with Crippen molar-refractivity contribution in [2.24, 2.45) is 0 Å². The molecule has 54 heavy (non-hydrogen) atoms. The standard InChI is InChI=1S/C48H30N6/c1-3-15-34(16-4-1)43-49-45(53-47(51-43)41-23-11-19-32-13-7-9-21-39(32)41)36-27-25-31-26-28-37(30-38(31)29-36)46-50-44(35-17-5-2-6-18-35)52-48(54-46)42-24-12-20-33-14-8-10-22-40(33)42/h1-30H. The molecular formula is C48H30N6. The third-order valence-electron chi connectivity index (χ3n) is 9.75. The molecule has 6 nitrogen and oxygen atoms in total. The van der Waals surface area contributed by atoms with Crippen LogP contribution < -0.4 is 0 Å². The third kappa shape index (κ3) is 5.82. The fourth-order valence-corrected chi connectivity index (χ4v) is 7.05. The minimum absolute atomic E-state index is 0.601. The van der Waals surface area contributed by atoms with Gasteiger partial charge in [0.15, 0.2) is 34.9 Å². The van der Waals surface area contributed by atoms with Crippen molar-refractivity contribution in [2.45, 2.75) is 0 Å². The second kappa shape index (κ2) is 13.3. The SMILES string of the molecule is c1ccc(-c2nc(-c3ccc4ccc(-c5nc(-c6ccccc6)nc(-c6cccc7ccccc67)n5)cc4c3)nc(-c3cccc4ccccc34)n2)cc1. The van der Waals surface area contributed by atoms with Crippen molar-refractivity contribution in [1.29, 1.82) is 0 Å². The minimum Gasteiger partial charge on any atom is -0.208 e. The molecule has 0 spiro atoms. The molecule has 0 aliphatic rings. The molecule has 0 atom stereocenters. The highest BCUT2D eigenvalue weighted by atomic mass is 15.0. The zero-order valence-electron chi connectivity index (χ0n) is 29.0. The lowest BCUT2D eigenvalue weighted by atomic mass is 10.0. The number of aromatic nitrogens is 6. The van der Waals surface area contributed by atoms with Crippen molar-refractivity contribution in [2.75, 3.05) is 0 Å². The smallest absolute Gasteiger partial charge is 0.164 e. The van der Waals surface area contributed by atoms with Gasteiger partial charge >= 0.3 is 0 Å². The molecule has 0 N–H and O–H groups in total. The summed E-state index contributed by atoms with van der Waals surface area (Å²) in [6.45, 7) is 0. The molecule has 8 aromatic carbocycles. The normalized spacial score (nSPS) is 11.3. The van der Waals surface area contributed by atoms with Crippen LogP contribution in [0, 0.1) is 0 Å². The first-order valence-electron chi connectivity index (χ1n) is 17.9. The number of fused-ring (bicyclic) bond motifs is 3. The van der Waals surface area contributed by atoms with Gasteiger partial charge in [-0.05, 0) is 44.5 Å². The topological polar surface area (TPSA) is 77.3 Å². The summed E-state index contributed by atoms with van der Waals surface area (Å²) in [6, 6.07) is 61.9. The van der Waals surface area contributed by atoms with E-state index in [0.717, 1.165) is 65.7 Å². The molecule has 0 saturated heterocycles. The Morgan fingerprint density at radius 3 is 1.06 bits per heavy atom. The summed E-state index contributed by atoms with van der Waals surface area (Å²) < 4.78 is 0. The molecule has 0 radical (unpaired) electrons. The predicted molar refractivity (Wildman–Crippen MR) is 218 cm³/mol. The maximum absolute atomic E-state index is 5.10. The van der Waals surface area contributed by atoms with Gasteiger partial charge in [-0.1, -0.05) is 170 Å². The van der Waals surface area contributed by atoms with Gasteiger partial charge in [-0.3, -0.25) is 0 Å². The van der Waals surface area contributed by atoms with Crippen molar-refractivity contribution in [1.82, 2.24) is 29.9 Å². The van der Waals surface area contributed by atoms with Crippen molar-refractivity contribution in [3.63, 3.8) is 0 Å². The van der Waals surface area contributed by atoms with Crippen LogP contribution in [0.1, 0.15) is 0 Å². The summed E-state index contributed by atoms with van der Waals surface area (Å²) in [5.74, 6) is 3.70. The summed E-state index contributed by atoms with van der Waals surface area (Å²) in [7, 11) is 0. The van der Waals surface area contributed by atoms with E-state index >= 15 is 0 Å². The molecule has 10 aromatic rings. The van der Waals surface area contributed by atoms with E-state index in [9.17, 15) is 0 Å². The van der Waals surface area contributed by atoms with Crippen LogP contribution in [-0.4, -0.2) is 29.9 Å². The van der Waals surface area contributed by atoms with E-state index < -0.39 is 0 Å². The molecule has 6 heteroatoms. The summed E-state index contributed by atoms with van der Waals surface area (Å²) in [5, 5.41) is 6.55. The van der Waals surface area contributed by atoms with Crippen molar-refractivity contribution >= 4 is 32.3 Å². The molecule has 0 aliphatic carbocycles. The van der Waals surface area contributed by atoms with Crippen molar-refractivity contribution in [3.05, 3.63) is 182 Å². The largest absolute Gasteiger partial charge is 0.208 e. The fourth-order valence-electron chi connectivity index (χ4n) is 7.05. The number of benzene rings is 8. The van der Waals surface area contributed by atoms with Gasteiger partial charge in [-0.2, -0.15) is 0 Å². The average Bonchev–Trinajstić information content (AvgIpc) is 3.26. The van der Waals surface area contributed by atoms with Gasteiger partial charge in [-0.25, -0.2) is 29.9 Å². The zero-order chi connectivity index (χ0) is 35.8. The van der Waals surface area contributed by atoms with Gasteiger partial charge in [0.1, 0.15) is 0 Å². The Labute approximate surface area is 311 Å². The first-order valence-corrected chi connectivity index (χ1v) is 17.9. The quantitative estimate of drug-likeness (QED) is 0.173. The zero-order valence-corrected chi connectivity index (χ0v) is 29.0. The van der Waals surface area contributed by atoms with Gasteiger partial charge in [-0.15, -0.1) is 0 Å². The highest BCUT2D eigenvalue weighted by Crippen LogP contribution is 2.33. The van der Waals surface area contributed by atoms with Crippen LogP contribution in [0.3, 0.4) is 0 Å². The van der Waals surface area contributed by atoms with Gasteiger partial charge in [0.2, 0.25) is 0 Å². The molecule has 0 unspecified atom stereocenters. The second-order valence-corrected chi connectivity index (χ2v) is 13.2. The van der Waals surface area contributed by atoms with E-state index in [-0.39, 0.29) is 0 Å². The number of nitrogens with zero attached hydrogens (tertiary/aromatic N) is 6. The Morgan fingerprint density at radius 1 is 0.222 bits per heavy atom. The van der Waals surface area contributed by atoms with Gasteiger partial charge in [0.05, 0.1) is 0 Å². The van der Waals surface area contributed by atoms with Crippen molar-refractivity contribution < 1.29 is 0 Å². The molecule has 2 heterocycles. The number of hydrogen-bond acceptors (Lipinski definition) is 6. The van der Waals surface area contributed by atoms with E-state index in [1.54, 1.807) is 0 Å². The van der Waals surface area contributed by atoms with E-state index in [1.165, 1.54) is 0 Å². The second-order valence-electron chi connectivity index (χ2n) is 13.2. The minimum atomic E-state index is 0.601. The first kappa shape index (κ1) is 31.3. The molecule has 0 aliphatic heterocycles. The Kier molecular flexibility index (Phi) is 7.69. The highest BCUT2D eigenvalue weighted by molar-refractivity contribution is 5.97. The van der Waals surface area contributed by atoms with Gasteiger partial charge < -0.3 is 0 Å². The van der Waals surface area contributed by atoms with E-state index in [0.29, 0.717) is 34.9 Å². The van der Waals surface area contributed by atoms with E-state index in [1.807, 2.05) is 84.9 Å². The lowest BCUT2D eigenvalue weighted by molar-refractivity contribution is 1.08. The molecule has 0 bridgehead atoms. The Balaban J connectivity index is 1.12. The van der Waals surface area contributed by atoms with Gasteiger partial charge in [0, 0.05) is 33.4 Å². The molecule has 2 aromatic heterocycles. The first-order chi connectivity index (χ1) is 26.7. The maximum atomic E-state index is 5.10. The molecule has 0 fully saturated rings. The Hall–Kier alpha value is -7.44. The third-order valence-corrected chi connectivity index (χ3v) is 9.75. The van der Waals surface area contributed by atoms with Crippen LogP contribution in [0.4, 0.5) is 0 Å². The maximum Gasteiger partial charge on any atom is 0.164 e. The number of rotatable bonds is 6. The average molecular weight is 691 g/mol. The molecule has 10 rings (SSSR count). The lowest BCUT2D eigenvalue weighted by Crippen LogP contribution is -2.01. The molecule has 0 amide bonds. The molecule has 252 valence electrons. The monoisotopic (exact) mass is 690 g/mol. The van der Waals surface area contributed by atoms with E-state index in [2.05, 4.69) is 97.1 Å². The van der Waals surface area contributed by atoms with Crippen LogP contribution in [-0.2, 0) is 0 Å². The fraction of sp³-hybridized carbons (Fsp3) is 0. The van der Waals surface area contributed by atoms with E-state index in [4.69, 9.17) is 29.9 Å². The summed E-state index contributed by atoms with van der Waals surface area (Å²) in [5.41, 5.74) is 5.55. The van der Waals surface area contributed by atoms with Crippen LogP contribution in [0.2, 0.25) is 0 Å². The Bertz CT molecular complexity index is 2790. The summed E-state index contributed by atoms with van der Waals surface area (Å²) >= 11 is 0. The van der Waals surface area contributed by atoms with Crippen LogP contribution >= 0.6 is 0 Å². The molecular weight excluding hydrogens is 661 g/mol. The lowest BCUT2D eigenvalue weighted by Gasteiger charge is -2.12. The summed E-state index contributed by atoms with van der Waals surface area (Å²) in [4.78, 5) is 30.3. The number of hydrogen-bond donors (Lipinski definition) is 0. The molecule has 0 saturated carbocycles. The van der Waals surface area contributed by atoms with Gasteiger partial charge in [0.25, 0.3) is 0 Å². The van der Waals surface area contributed by atoms with Crippen LogP contribution in [0.25, 0.3) is 101 Å².